The van der Waals surface area contributed by atoms with Crippen molar-refractivity contribution in [2.45, 2.75) is 43.1 Å². The maximum atomic E-state index is 11.9. The van der Waals surface area contributed by atoms with Gasteiger partial charge in [0.25, 0.3) is 0 Å². The average Bonchev–Trinajstić information content (AvgIpc) is 2.89. The zero-order chi connectivity index (χ0) is 14.6. The molecule has 20 heavy (non-hydrogen) atoms. The summed E-state index contributed by atoms with van der Waals surface area (Å²) in [6.45, 7) is 0.113. The highest BCUT2D eigenvalue weighted by atomic mass is 32.2. The van der Waals surface area contributed by atoms with E-state index in [-0.39, 0.29) is 19.3 Å². The monoisotopic (exact) mass is 303 g/mol. The van der Waals surface area contributed by atoms with E-state index in [4.69, 9.17) is 19.3 Å². The quantitative estimate of drug-likeness (QED) is 0.749. The van der Waals surface area contributed by atoms with Crippen LogP contribution in [0.25, 0.3) is 0 Å². The van der Waals surface area contributed by atoms with Crippen molar-refractivity contribution in [3.05, 3.63) is 24.0 Å². The van der Waals surface area contributed by atoms with Crippen LogP contribution in [0.2, 0.25) is 0 Å². The van der Waals surface area contributed by atoms with Crippen LogP contribution in [-0.2, 0) is 24.2 Å². The molecule has 1 fully saturated rings. The summed E-state index contributed by atoms with van der Waals surface area (Å²) in [5, 5.41) is 5.37. The SMILES string of the molecule is COCOC1=CCC(OC2CCCC2)(S(N)(=O)=O)C=C1. The van der Waals surface area contributed by atoms with Crippen molar-refractivity contribution < 1.29 is 22.6 Å². The molecule has 114 valence electrons. The van der Waals surface area contributed by atoms with E-state index in [1.807, 2.05) is 0 Å². The molecule has 0 radical (unpaired) electrons. The Labute approximate surface area is 119 Å². The Hall–Kier alpha value is -0.890. The van der Waals surface area contributed by atoms with Gasteiger partial charge in [0.1, 0.15) is 5.76 Å². The van der Waals surface area contributed by atoms with E-state index in [0.29, 0.717) is 5.76 Å². The molecule has 1 saturated carbocycles. The number of rotatable bonds is 6. The first kappa shape index (κ1) is 15.5. The second-order valence-corrected chi connectivity index (χ2v) is 6.86. The molecule has 0 aromatic carbocycles. The molecule has 2 aliphatic carbocycles. The molecule has 1 unspecified atom stereocenters. The Kier molecular flexibility index (Phi) is 4.85. The molecule has 0 bridgehead atoms. The highest BCUT2D eigenvalue weighted by Gasteiger charge is 2.43. The van der Waals surface area contributed by atoms with Crippen molar-refractivity contribution in [2.75, 3.05) is 13.9 Å². The standard InChI is InChI=1S/C13H21NO5S/c1-17-10-18-11-6-8-13(9-7-11,20(14,15)16)19-12-4-2-3-5-12/h6-8,12H,2-5,9-10H2,1H3,(H2,14,15,16). The molecule has 7 heteroatoms. The fourth-order valence-electron chi connectivity index (χ4n) is 2.48. The average molecular weight is 303 g/mol. The number of nitrogens with two attached hydrogens (primary N) is 1. The Balaban J connectivity index is 2.11. The molecule has 0 amide bonds. The summed E-state index contributed by atoms with van der Waals surface area (Å²) in [7, 11) is -2.34. The summed E-state index contributed by atoms with van der Waals surface area (Å²) in [6, 6.07) is 0. The molecule has 2 N–H and O–H groups in total. The van der Waals surface area contributed by atoms with Crippen LogP contribution in [-0.4, -0.2) is 33.4 Å². The van der Waals surface area contributed by atoms with E-state index < -0.39 is 15.0 Å². The molecule has 1 atom stereocenters. The minimum atomic E-state index is -3.86. The Morgan fingerprint density at radius 3 is 2.60 bits per heavy atom. The lowest BCUT2D eigenvalue weighted by Gasteiger charge is -2.32. The number of primary sulfonamides is 1. The van der Waals surface area contributed by atoms with Crippen LogP contribution in [0.3, 0.4) is 0 Å². The zero-order valence-corrected chi connectivity index (χ0v) is 12.4. The van der Waals surface area contributed by atoms with Crippen molar-refractivity contribution in [1.82, 2.24) is 0 Å². The van der Waals surface area contributed by atoms with E-state index >= 15 is 0 Å². The van der Waals surface area contributed by atoms with Crippen LogP contribution < -0.4 is 5.14 Å². The first-order chi connectivity index (χ1) is 9.47. The number of ether oxygens (including phenoxy) is 3. The Morgan fingerprint density at radius 2 is 2.10 bits per heavy atom. The van der Waals surface area contributed by atoms with Gasteiger partial charge in [0, 0.05) is 13.5 Å². The first-order valence-electron chi connectivity index (χ1n) is 6.68. The lowest BCUT2D eigenvalue weighted by Crippen LogP contribution is -2.46. The van der Waals surface area contributed by atoms with Crippen LogP contribution in [0.1, 0.15) is 32.1 Å². The van der Waals surface area contributed by atoms with E-state index in [1.54, 1.807) is 12.2 Å². The number of sulfonamides is 1. The predicted octanol–water partition coefficient (Wildman–Crippen LogP) is 1.39. The number of hydrogen-bond acceptors (Lipinski definition) is 5. The second kappa shape index (κ2) is 6.26. The van der Waals surface area contributed by atoms with Crippen LogP contribution in [0.4, 0.5) is 0 Å². The van der Waals surface area contributed by atoms with Crippen LogP contribution in [0.5, 0.6) is 0 Å². The fourth-order valence-corrected chi connectivity index (χ4v) is 3.32. The van der Waals surface area contributed by atoms with Gasteiger partial charge in [0.15, 0.2) is 6.79 Å². The molecule has 6 nitrogen and oxygen atoms in total. The smallest absolute Gasteiger partial charge is 0.243 e. The Morgan fingerprint density at radius 1 is 1.40 bits per heavy atom. The van der Waals surface area contributed by atoms with Crippen molar-refractivity contribution in [2.24, 2.45) is 5.14 Å². The summed E-state index contributed by atoms with van der Waals surface area (Å²) in [5.74, 6) is 0.557. The van der Waals surface area contributed by atoms with Gasteiger partial charge in [-0.25, -0.2) is 13.6 Å². The molecular formula is C13H21NO5S. The number of methoxy groups -OCH3 is 1. The van der Waals surface area contributed by atoms with Gasteiger partial charge in [-0.15, -0.1) is 0 Å². The number of hydrogen-bond donors (Lipinski definition) is 1. The van der Waals surface area contributed by atoms with E-state index in [1.165, 1.54) is 13.2 Å². The number of allylic oxidation sites excluding steroid dienone is 1. The fraction of sp³-hybridized carbons (Fsp3) is 0.692. The summed E-state index contributed by atoms with van der Waals surface area (Å²) in [6.07, 6.45) is 8.70. The van der Waals surface area contributed by atoms with E-state index in [2.05, 4.69) is 0 Å². The molecule has 0 heterocycles. The van der Waals surface area contributed by atoms with Crippen molar-refractivity contribution in [3.63, 3.8) is 0 Å². The van der Waals surface area contributed by atoms with Crippen LogP contribution in [0, 0.1) is 0 Å². The normalized spacial score (nSPS) is 27.6. The summed E-state index contributed by atoms with van der Waals surface area (Å²) >= 11 is 0. The molecule has 2 aliphatic rings. The van der Waals surface area contributed by atoms with Gasteiger partial charge in [-0.1, -0.05) is 12.8 Å². The topological polar surface area (TPSA) is 87.8 Å². The molecule has 0 aliphatic heterocycles. The van der Waals surface area contributed by atoms with Crippen molar-refractivity contribution in [1.29, 1.82) is 0 Å². The summed E-state index contributed by atoms with van der Waals surface area (Å²) in [4.78, 5) is -1.47. The first-order valence-corrected chi connectivity index (χ1v) is 8.23. The van der Waals surface area contributed by atoms with Crippen molar-refractivity contribution in [3.8, 4) is 0 Å². The molecule has 0 saturated heterocycles. The molecule has 2 rings (SSSR count). The van der Waals surface area contributed by atoms with Gasteiger partial charge in [-0.3, -0.25) is 0 Å². The largest absolute Gasteiger partial charge is 0.468 e. The molecule has 0 aromatic heterocycles. The van der Waals surface area contributed by atoms with E-state index in [0.717, 1.165) is 25.7 Å². The summed E-state index contributed by atoms with van der Waals surface area (Å²) < 4.78 is 39.7. The highest BCUT2D eigenvalue weighted by molar-refractivity contribution is 7.90. The highest BCUT2D eigenvalue weighted by Crippen LogP contribution is 2.34. The third-order valence-electron chi connectivity index (χ3n) is 3.58. The Bertz CT molecular complexity index is 493. The summed E-state index contributed by atoms with van der Waals surface area (Å²) in [5.41, 5.74) is 0. The second-order valence-electron chi connectivity index (χ2n) is 5.08. The molecule has 0 aromatic rings. The lowest BCUT2D eigenvalue weighted by molar-refractivity contribution is -0.0144. The lowest BCUT2D eigenvalue weighted by atomic mass is 10.1. The van der Waals surface area contributed by atoms with Gasteiger partial charge in [-0.2, -0.15) is 0 Å². The minimum Gasteiger partial charge on any atom is -0.468 e. The third kappa shape index (κ3) is 3.41. The molecule has 0 spiro atoms. The zero-order valence-electron chi connectivity index (χ0n) is 11.6. The van der Waals surface area contributed by atoms with Crippen LogP contribution in [0.15, 0.2) is 24.0 Å². The maximum Gasteiger partial charge on any atom is 0.243 e. The van der Waals surface area contributed by atoms with Gasteiger partial charge < -0.3 is 14.2 Å². The van der Waals surface area contributed by atoms with Crippen LogP contribution >= 0.6 is 0 Å². The van der Waals surface area contributed by atoms with Gasteiger partial charge in [-0.05, 0) is 31.1 Å². The third-order valence-corrected chi connectivity index (χ3v) is 4.94. The van der Waals surface area contributed by atoms with Gasteiger partial charge in [0.2, 0.25) is 15.0 Å². The van der Waals surface area contributed by atoms with Crippen molar-refractivity contribution >= 4 is 10.0 Å². The predicted molar refractivity (Wildman–Crippen MR) is 74.0 cm³/mol. The van der Waals surface area contributed by atoms with Gasteiger partial charge in [0.05, 0.1) is 6.10 Å². The van der Waals surface area contributed by atoms with Gasteiger partial charge >= 0.3 is 0 Å². The van der Waals surface area contributed by atoms with E-state index in [9.17, 15) is 8.42 Å². The minimum absolute atomic E-state index is 0.0483. The maximum absolute atomic E-state index is 11.9. The molecular weight excluding hydrogens is 282 g/mol.